The molecular weight excluding hydrogens is 381 g/mol. The van der Waals surface area contributed by atoms with E-state index in [1.54, 1.807) is 19.1 Å². The molecule has 2 aromatic rings. The minimum Gasteiger partial charge on any atom is -0.326 e. The van der Waals surface area contributed by atoms with Crippen LogP contribution in [-0.2, 0) is 21.0 Å². The quantitative estimate of drug-likeness (QED) is 0.763. The Labute approximate surface area is 155 Å². The SMILES string of the molecule is CC(CC(=O)Nc1ccc(NS(C)(=O)=O)cc1)c1ccc(C(F)(F)F)cc1. The fraction of sp³-hybridized carbons (Fsp3) is 0.278. The number of nitrogens with one attached hydrogen (secondary N) is 2. The van der Waals surface area contributed by atoms with Crippen LogP contribution in [0.2, 0.25) is 0 Å². The zero-order valence-corrected chi connectivity index (χ0v) is 15.5. The first-order valence-electron chi connectivity index (χ1n) is 7.99. The lowest BCUT2D eigenvalue weighted by Gasteiger charge is -2.14. The number of sulfonamides is 1. The standard InChI is InChI=1S/C18H19F3N2O3S/c1-12(13-3-5-14(6-4-13)18(19,20)21)11-17(24)22-15-7-9-16(10-8-15)23-27(2,25)26/h3-10,12,23H,11H2,1-2H3,(H,22,24). The molecule has 27 heavy (non-hydrogen) atoms. The highest BCUT2D eigenvalue weighted by Gasteiger charge is 2.30. The number of benzene rings is 2. The second-order valence-corrected chi connectivity index (χ2v) is 7.97. The van der Waals surface area contributed by atoms with Gasteiger partial charge in [-0.2, -0.15) is 13.2 Å². The Morgan fingerprint density at radius 1 is 1.00 bits per heavy atom. The Bertz CT molecular complexity index is 893. The molecule has 9 heteroatoms. The summed E-state index contributed by atoms with van der Waals surface area (Å²) in [4.78, 5) is 12.1. The summed E-state index contributed by atoms with van der Waals surface area (Å²) in [6.07, 6.45) is -3.27. The van der Waals surface area contributed by atoms with Crippen LogP contribution in [0.5, 0.6) is 0 Å². The molecule has 0 saturated carbocycles. The van der Waals surface area contributed by atoms with Gasteiger partial charge in [-0.05, 0) is 47.9 Å². The highest BCUT2D eigenvalue weighted by atomic mass is 32.2. The second-order valence-electron chi connectivity index (χ2n) is 6.22. The molecule has 0 bridgehead atoms. The fourth-order valence-electron chi connectivity index (χ4n) is 2.44. The van der Waals surface area contributed by atoms with E-state index < -0.39 is 21.8 Å². The molecule has 0 saturated heterocycles. The third kappa shape index (κ3) is 6.59. The molecule has 0 aliphatic rings. The van der Waals surface area contributed by atoms with Gasteiger partial charge >= 0.3 is 6.18 Å². The Morgan fingerprint density at radius 2 is 1.52 bits per heavy atom. The largest absolute Gasteiger partial charge is 0.416 e. The van der Waals surface area contributed by atoms with E-state index in [1.807, 2.05) is 0 Å². The smallest absolute Gasteiger partial charge is 0.326 e. The molecule has 5 nitrogen and oxygen atoms in total. The summed E-state index contributed by atoms with van der Waals surface area (Å²) in [5.74, 6) is -0.565. The average molecular weight is 400 g/mol. The van der Waals surface area contributed by atoms with E-state index in [1.165, 1.54) is 24.3 Å². The topological polar surface area (TPSA) is 75.3 Å². The van der Waals surface area contributed by atoms with Crippen molar-refractivity contribution in [2.24, 2.45) is 0 Å². The van der Waals surface area contributed by atoms with Gasteiger partial charge in [0.1, 0.15) is 0 Å². The number of hydrogen-bond donors (Lipinski definition) is 2. The predicted molar refractivity (Wildman–Crippen MR) is 98.0 cm³/mol. The maximum absolute atomic E-state index is 12.6. The van der Waals surface area contributed by atoms with Crippen molar-refractivity contribution < 1.29 is 26.4 Å². The van der Waals surface area contributed by atoms with E-state index >= 15 is 0 Å². The lowest BCUT2D eigenvalue weighted by Crippen LogP contribution is -2.15. The maximum atomic E-state index is 12.6. The van der Waals surface area contributed by atoms with Crippen molar-refractivity contribution in [1.29, 1.82) is 0 Å². The van der Waals surface area contributed by atoms with E-state index in [0.29, 0.717) is 16.9 Å². The first kappa shape index (κ1) is 20.8. The van der Waals surface area contributed by atoms with Gasteiger partial charge in [-0.15, -0.1) is 0 Å². The van der Waals surface area contributed by atoms with E-state index in [9.17, 15) is 26.4 Å². The third-order valence-corrected chi connectivity index (χ3v) is 4.38. The number of hydrogen-bond acceptors (Lipinski definition) is 3. The average Bonchev–Trinajstić information content (AvgIpc) is 2.54. The molecule has 2 rings (SSSR count). The van der Waals surface area contributed by atoms with Gasteiger partial charge in [-0.3, -0.25) is 9.52 Å². The van der Waals surface area contributed by atoms with E-state index in [-0.39, 0.29) is 18.2 Å². The molecule has 2 N–H and O–H groups in total. The van der Waals surface area contributed by atoms with Gasteiger partial charge in [0, 0.05) is 17.8 Å². The molecule has 0 aliphatic heterocycles. The first-order chi connectivity index (χ1) is 12.4. The Morgan fingerprint density at radius 3 is 2.00 bits per heavy atom. The normalized spacial score (nSPS) is 13.1. The van der Waals surface area contributed by atoms with Crippen molar-refractivity contribution in [2.45, 2.75) is 25.4 Å². The van der Waals surface area contributed by atoms with Gasteiger partial charge in [0.05, 0.1) is 11.8 Å². The molecule has 0 heterocycles. The lowest BCUT2D eigenvalue weighted by molar-refractivity contribution is -0.137. The number of rotatable bonds is 6. The number of anilines is 2. The summed E-state index contributed by atoms with van der Waals surface area (Å²) in [5.41, 5.74) is 0.754. The molecule has 1 atom stereocenters. The molecule has 0 spiro atoms. The number of carbonyl (C=O) groups excluding carboxylic acids is 1. The fourth-order valence-corrected chi connectivity index (χ4v) is 3.01. The molecular formula is C18H19F3N2O3S. The molecule has 0 aromatic heterocycles. The molecule has 0 radical (unpaired) electrons. The highest BCUT2D eigenvalue weighted by molar-refractivity contribution is 7.92. The van der Waals surface area contributed by atoms with Gasteiger partial charge in [0.15, 0.2) is 0 Å². The van der Waals surface area contributed by atoms with Crippen LogP contribution in [0, 0.1) is 0 Å². The molecule has 2 aromatic carbocycles. The Hall–Kier alpha value is -2.55. The van der Waals surface area contributed by atoms with Crippen molar-refractivity contribution in [2.75, 3.05) is 16.3 Å². The zero-order valence-electron chi connectivity index (χ0n) is 14.7. The van der Waals surface area contributed by atoms with Crippen molar-refractivity contribution in [3.05, 3.63) is 59.7 Å². The van der Waals surface area contributed by atoms with Crippen LogP contribution in [0.4, 0.5) is 24.5 Å². The highest BCUT2D eigenvalue weighted by Crippen LogP contribution is 2.30. The predicted octanol–water partition coefficient (Wildman–Crippen LogP) is 4.21. The van der Waals surface area contributed by atoms with Gasteiger partial charge in [0.25, 0.3) is 0 Å². The molecule has 146 valence electrons. The minimum absolute atomic E-state index is 0.0920. The zero-order chi connectivity index (χ0) is 20.2. The number of carbonyl (C=O) groups is 1. The van der Waals surface area contributed by atoms with Crippen LogP contribution in [-0.4, -0.2) is 20.6 Å². The Kier molecular flexibility index (Phi) is 6.15. The molecule has 1 unspecified atom stereocenters. The number of halogens is 3. The van der Waals surface area contributed by atoms with E-state index in [4.69, 9.17) is 0 Å². The molecule has 1 amide bonds. The van der Waals surface area contributed by atoms with E-state index in [2.05, 4.69) is 10.0 Å². The molecule has 0 aliphatic carbocycles. The van der Waals surface area contributed by atoms with Gasteiger partial charge in [0.2, 0.25) is 15.9 Å². The summed E-state index contributed by atoms with van der Waals surface area (Å²) in [6.45, 7) is 1.75. The minimum atomic E-state index is -4.39. The van der Waals surface area contributed by atoms with Crippen molar-refractivity contribution >= 4 is 27.3 Å². The van der Waals surface area contributed by atoms with Crippen molar-refractivity contribution in [3.63, 3.8) is 0 Å². The maximum Gasteiger partial charge on any atom is 0.416 e. The second kappa shape index (κ2) is 7.99. The summed E-state index contributed by atoms with van der Waals surface area (Å²) in [5, 5.41) is 2.67. The summed E-state index contributed by atoms with van der Waals surface area (Å²) in [7, 11) is -3.38. The molecule has 0 fully saturated rings. The van der Waals surface area contributed by atoms with Crippen LogP contribution >= 0.6 is 0 Å². The Balaban J connectivity index is 1.95. The van der Waals surface area contributed by atoms with E-state index in [0.717, 1.165) is 18.4 Å². The van der Waals surface area contributed by atoms with Crippen molar-refractivity contribution in [3.8, 4) is 0 Å². The first-order valence-corrected chi connectivity index (χ1v) is 9.88. The summed E-state index contributed by atoms with van der Waals surface area (Å²) in [6, 6.07) is 10.8. The third-order valence-electron chi connectivity index (χ3n) is 3.77. The van der Waals surface area contributed by atoms with Crippen LogP contribution in [0.1, 0.15) is 30.4 Å². The van der Waals surface area contributed by atoms with Crippen LogP contribution in [0.15, 0.2) is 48.5 Å². The van der Waals surface area contributed by atoms with Crippen LogP contribution in [0.25, 0.3) is 0 Å². The lowest BCUT2D eigenvalue weighted by atomic mass is 9.96. The van der Waals surface area contributed by atoms with Gasteiger partial charge < -0.3 is 5.32 Å². The van der Waals surface area contributed by atoms with Gasteiger partial charge in [-0.1, -0.05) is 19.1 Å². The summed E-state index contributed by atoms with van der Waals surface area (Å²) >= 11 is 0. The van der Waals surface area contributed by atoms with Crippen LogP contribution < -0.4 is 10.0 Å². The van der Waals surface area contributed by atoms with Crippen LogP contribution in [0.3, 0.4) is 0 Å². The summed E-state index contributed by atoms with van der Waals surface area (Å²) < 4.78 is 62.4. The van der Waals surface area contributed by atoms with Gasteiger partial charge in [-0.25, -0.2) is 8.42 Å². The number of alkyl halides is 3. The number of amides is 1. The monoisotopic (exact) mass is 400 g/mol. The van der Waals surface area contributed by atoms with Crippen molar-refractivity contribution in [1.82, 2.24) is 0 Å².